The molecule has 0 saturated heterocycles. The fraction of sp³-hybridized carbons (Fsp3) is 0.400. The van der Waals surface area contributed by atoms with Gasteiger partial charge in [-0.3, -0.25) is 4.79 Å². The van der Waals surface area contributed by atoms with Gasteiger partial charge in [-0.25, -0.2) is 4.68 Å². The molecular formula is C15H20N4O2. The van der Waals surface area contributed by atoms with E-state index in [1.807, 2.05) is 37.3 Å². The van der Waals surface area contributed by atoms with Gasteiger partial charge in [0.2, 0.25) is 5.91 Å². The highest BCUT2D eigenvalue weighted by Crippen LogP contribution is 2.14. The Kier molecular flexibility index (Phi) is 5.45. The third-order valence-corrected chi connectivity index (χ3v) is 3.07. The van der Waals surface area contributed by atoms with E-state index >= 15 is 0 Å². The molecule has 1 aromatic heterocycles. The number of benzene rings is 1. The summed E-state index contributed by atoms with van der Waals surface area (Å²) in [6.45, 7) is 2.36. The van der Waals surface area contributed by atoms with Crippen LogP contribution in [0.1, 0.15) is 19.8 Å². The molecule has 0 saturated carbocycles. The summed E-state index contributed by atoms with van der Waals surface area (Å²) >= 11 is 0. The lowest BCUT2D eigenvalue weighted by atomic mass is 10.2. The minimum atomic E-state index is -0.491. The third-order valence-electron chi connectivity index (χ3n) is 3.07. The third kappa shape index (κ3) is 4.68. The van der Waals surface area contributed by atoms with E-state index in [4.69, 9.17) is 0 Å². The van der Waals surface area contributed by atoms with Crippen LogP contribution in [0, 0.1) is 0 Å². The highest BCUT2D eigenvalue weighted by atomic mass is 16.3. The molecule has 1 heterocycles. The normalized spacial score (nSPS) is 12.1. The predicted molar refractivity (Wildman–Crippen MR) is 79.4 cm³/mol. The largest absolute Gasteiger partial charge is 0.391 e. The topological polar surface area (TPSA) is 80.0 Å². The highest BCUT2D eigenvalue weighted by molar-refractivity contribution is 5.75. The molecule has 2 aromatic rings. The first kappa shape index (κ1) is 15.2. The Morgan fingerprint density at radius 3 is 2.86 bits per heavy atom. The lowest BCUT2D eigenvalue weighted by molar-refractivity contribution is -0.122. The smallest absolute Gasteiger partial charge is 0.241 e. The molecule has 1 unspecified atom stereocenters. The first-order valence-electron chi connectivity index (χ1n) is 7.09. The molecule has 6 nitrogen and oxygen atoms in total. The van der Waals surface area contributed by atoms with E-state index in [9.17, 15) is 9.90 Å². The molecule has 0 spiro atoms. The molecule has 6 heteroatoms. The Bertz CT molecular complexity index is 568. The van der Waals surface area contributed by atoms with Crippen molar-refractivity contribution < 1.29 is 9.90 Å². The van der Waals surface area contributed by atoms with Crippen molar-refractivity contribution in [2.24, 2.45) is 0 Å². The van der Waals surface area contributed by atoms with Gasteiger partial charge in [0.1, 0.15) is 12.2 Å². The van der Waals surface area contributed by atoms with Crippen LogP contribution in [-0.4, -0.2) is 38.7 Å². The van der Waals surface area contributed by atoms with Gasteiger partial charge in [0.15, 0.2) is 0 Å². The van der Waals surface area contributed by atoms with Crippen LogP contribution in [0.3, 0.4) is 0 Å². The molecular weight excluding hydrogens is 268 g/mol. The van der Waals surface area contributed by atoms with Gasteiger partial charge in [0.05, 0.1) is 12.3 Å². The van der Waals surface area contributed by atoms with Crippen molar-refractivity contribution in [1.82, 2.24) is 20.3 Å². The number of carbonyl (C=O) groups is 1. The second-order valence-electron chi connectivity index (χ2n) is 4.91. The van der Waals surface area contributed by atoms with E-state index < -0.39 is 6.10 Å². The van der Waals surface area contributed by atoms with Crippen molar-refractivity contribution in [3.63, 3.8) is 0 Å². The van der Waals surface area contributed by atoms with Crippen molar-refractivity contribution in [3.05, 3.63) is 36.5 Å². The summed E-state index contributed by atoms with van der Waals surface area (Å²) in [6, 6.07) is 9.67. The summed E-state index contributed by atoms with van der Waals surface area (Å²) in [4.78, 5) is 11.8. The number of hydrogen-bond acceptors (Lipinski definition) is 4. The Morgan fingerprint density at radius 2 is 2.14 bits per heavy atom. The number of aliphatic hydroxyl groups is 1. The maximum absolute atomic E-state index is 11.8. The molecule has 1 aromatic carbocycles. The van der Waals surface area contributed by atoms with Gasteiger partial charge in [-0.15, -0.1) is 5.10 Å². The fourth-order valence-corrected chi connectivity index (χ4v) is 1.99. The summed E-state index contributed by atoms with van der Waals surface area (Å²) in [6.07, 6.45) is 2.81. The maximum atomic E-state index is 11.8. The van der Waals surface area contributed by atoms with Crippen LogP contribution in [0.2, 0.25) is 0 Å². The van der Waals surface area contributed by atoms with Crippen LogP contribution >= 0.6 is 0 Å². The molecule has 0 aliphatic carbocycles. The Labute approximate surface area is 123 Å². The number of nitrogens with one attached hydrogen (secondary N) is 1. The van der Waals surface area contributed by atoms with Crippen molar-refractivity contribution in [1.29, 1.82) is 0 Å². The summed E-state index contributed by atoms with van der Waals surface area (Å²) in [5.74, 6) is -0.185. The van der Waals surface area contributed by atoms with Crippen LogP contribution in [0.5, 0.6) is 0 Å². The molecule has 0 fully saturated rings. The summed E-state index contributed by atoms with van der Waals surface area (Å²) < 4.78 is 1.49. The molecule has 0 aliphatic heterocycles. The molecule has 2 N–H and O–H groups in total. The predicted octanol–water partition coefficient (Wildman–Crippen LogP) is 1.22. The van der Waals surface area contributed by atoms with Crippen molar-refractivity contribution >= 4 is 5.91 Å². The first-order chi connectivity index (χ1) is 10.2. The van der Waals surface area contributed by atoms with E-state index in [0.29, 0.717) is 6.42 Å². The van der Waals surface area contributed by atoms with Crippen molar-refractivity contribution in [2.45, 2.75) is 32.4 Å². The first-order valence-corrected chi connectivity index (χ1v) is 7.09. The Hall–Kier alpha value is -2.21. The van der Waals surface area contributed by atoms with E-state index in [2.05, 4.69) is 15.6 Å². The van der Waals surface area contributed by atoms with E-state index in [1.165, 1.54) is 4.68 Å². The fourth-order valence-electron chi connectivity index (χ4n) is 1.99. The summed E-state index contributed by atoms with van der Waals surface area (Å²) in [7, 11) is 0. The van der Waals surface area contributed by atoms with Crippen LogP contribution < -0.4 is 5.32 Å². The molecule has 1 amide bonds. The zero-order valence-electron chi connectivity index (χ0n) is 12.1. The zero-order valence-corrected chi connectivity index (χ0v) is 12.1. The van der Waals surface area contributed by atoms with Gasteiger partial charge in [0, 0.05) is 12.1 Å². The summed E-state index contributed by atoms with van der Waals surface area (Å²) in [5.41, 5.74) is 1.69. The molecule has 1 atom stereocenters. The maximum Gasteiger partial charge on any atom is 0.241 e. The number of rotatable bonds is 7. The molecule has 0 aliphatic rings. The number of aromatic nitrogens is 3. The number of hydrogen-bond donors (Lipinski definition) is 2. The minimum Gasteiger partial charge on any atom is -0.391 e. The van der Waals surface area contributed by atoms with E-state index in [0.717, 1.165) is 17.7 Å². The SMILES string of the molecule is CCCC(O)CNC(=O)Cn1cc(-c2ccccc2)nn1. The van der Waals surface area contributed by atoms with Crippen LogP contribution in [0.25, 0.3) is 11.3 Å². The summed E-state index contributed by atoms with van der Waals surface area (Å²) in [5, 5.41) is 20.2. The number of nitrogens with zero attached hydrogens (tertiary/aromatic N) is 3. The zero-order chi connectivity index (χ0) is 15.1. The lowest BCUT2D eigenvalue weighted by Crippen LogP contribution is -2.34. The average molecular weight is 288 g/mol. The molecule has 21 heavy (non-hydrogen) atoms. The number of carbonyl (C=O) groups excluding carboxylic acids is 1. The van der Waals surface area contributed by atoms with Crippen molar-refractivity contribution in [3.8, 4) is 11.3 Å². The number of amides is 1. The molecule has 0 bridgehead atoms. The Morgan fingerprint density at radius 1 is 1.38 bits per heavy atom. The monoisotopic (exact) mass is 288 g/mol. The van der Waals surface area contributed by atoms with Gasteiger partial charge in [-0.05, 0) is 6.42 Å². The number of aliphatic hydroxyl groups excluding tert-OH is 1. The van der Waals surface area contributed by atoms with Crippen LogP contribution in [0.4, 0.5) is 0 Å². The van der Waals surface area contributed by atoms with Crippen molar-refractivity contribution in [2.75, 3.05) is 6.54 Å². The second kappa shape index (κ2) is 7.54. The molecule has 0 radical (unpaired) electrons. The molecule has 112 valence electrons. The second-order valence-corrected chi connectivity index (χ2v) is 4.91. The van der Waals surface area contributed by atoms with E-state index in [1.54, 1.807) is 6.20 Å². The van der Waals surface area contributed by atoms with Gasteiger partial charge < -0.3 is 10.4 Å². The lowest BCUT2D eigenvalue weighted by Gasteiger charge is -2.10. The van der Waals surface area contributed by atoms with Gasteiger partial charge in [-0.1, -0.05) is 48.9 Å². The quantitative estimate of drug-likeness (QED) is 0.803. The highest BCUT2D eigenvalue weighted by Gasteiger charge is 2.09. The molecule has 2 rings (SSSR count). The standard InChI is InChI=1S/C15H20N4O2/c1-2-6-13(20)9-16-15(21)11-19-10-14(17-18-19)12-7-4-3-5-8-12/h3-5,7-8,10,13,20H,2,6,9,11H2,1H3,(H,16,21). The van der Waals surface area contributed by atoms with Gasteiger partial charge in [0.25, 0.3) is 0 Å². The van der Waals surface area contributed by atoms with E-state index in [-0.39, 0.29) is 19.0 Å². The van der Waals surface area contributed by atoms with Gasteiger partial charge >= 0.3 is 0 Å². The van der Waals surface area contributed by atoms with Crippen LogP contribution in [0.15, 0.2) is 36.5 Å². The van der Waals surface area contributed by atoms with Crippen LogP contribution in [-0.2, 0) is 11.3 Å². The van der Waals surface area contributed by atoms with Gasteiger partial charge in [-0.2, -0.15) is 0 Å². The Balaban J connectivity index is 1.86. The minimum absolute atomic E-state index is 0.0959. The average Bonchev–Trinajstić information content (AvgIpc) is 2.95.